The molecular weight excluding hydrogens is 407 g/mol. The Morgan fingerprint density at radius 1 is 1.03 bits per heavy atom. The molecule has 1 N–H and O–H groups in total. The Morgan fingerprint density at radius 2 is 1.80 bits per heavy atom. The van der Waals surface area contributed by atoms with Crippen molar-refractivity contribution in [2.45, 2.75) is 6.92 Å². The molecule has 1 aromatic carbocycles. The molecule has 1 saturated heterocycles. The summed E-state index contributed by atoms with van der Waals surface area (Å²) < 4.78 is 14.0. The van der Waals surface area contributed by atoms with Crippen molar-refractivity contribution in [2.75, 3.05) is 36.4 Å². The number of hydrogen-bond acceptors (Lipinski definition) is 6. The second kappa shape index (κ2) is 8.62. The van der Waals surface area contributed by atoms with Crippen LogP contribution in [0.5, 0.6) is 0 Å². The minimum absolute atomic E-state index is 0.0763. The van der Waals surface area contributed by atoms with Crippen LogP contribution in [0.2, 0.25) is 5.02 Å². The standard InChI is InChI=1S/C21H20ClFN6O/c1-14-5-6-17(24-13-14)25-18-7-8-19(27-26-18)28-9-11-29(12-10-28)21(30)20-15(22)3-2-4-16(20)23/h2-8,13H,9-12H2,1H3,(H,24,25,26). The summed E-state index contributed by atoms with van der Waals surface area (Å²) in [5.41, 5.74) is 1.00. The molecule has 2 aromatic heterocycles. The molecule has 1 aliphatic rings. The van der Waals surface area contributed by atoms with Gasteiger partial charge in [-0.2, -0.15) is 0 Å². The summed E-state index contributed by atoms with van der Waals surface area (Å²) >= 11 is 6.02. The maximum absolute atomic E-state index is 14.0. The number of nitrogens with zero attached hydrogens (tertiary/aromatic N) is 5. The molecule has 3 heterocycles. The molecule has 0 aliphatic carbocycles. The van der Waals surface area contributed by atoms with Crippen LogP contribution in [0.1, 0.15) is 15.9 Å². The molecule has 1 fully saturated rings. The molecule has 0 radical (unpaired) electrons. The maximum Gasteiger partial charge on any atom is 0.258 e. The molecule has 0 unspecified atom stereocenters. The molecule has 0 bridgehead atoms. The summed E-state index contributed by atoms with van der Waals surface area (Å²) in [5, 5.41) is 11.7. The van der Waals surface area contributed by atoms with Gasteiger partial charge < -0.3 is 15.1 Å². The maximum atomic E-state index is 14.0. The van der Waals surface area contributed by atoms with Crippen molar-refractivity contribution in [2.24, 2.45) is 0 Å². The fourth-order valence-electron chi connectivity index (χ4n) is 3.23. The molecule has 0 saturated carbocycles. The second-order valence-electron chi connectivity index (χ2n) is 7.00. The van der Waals surface area contributed by atoms with Crippen molar-refractivity contribution in [1.29, 1.82) is 0 Å². The number of rotatable bonds is 4. The Bertz CT molecular complexity index is 1020. The monoisotopic (exact) mass is 426 g/mol. The van der Waals surface area contributed by atoms with E-state index in [0.717, 1.165) is 5.56 Å². The number of hydrogen-bond donors (Lipinski definition) is 1. The Morgan fingerprint density at radius 3 is 2.43 bits per heavy atom. The van der Waals surface area contributed by atoms with E-state index >= 15 is 0 Å². The van der Waals surface area contributed by atoms with Gasteiger partial charge in [0.05, 0.1) is 10.6 Å². The lowest BCUT2D eigenvalue weighted by atomic mass is 10.1. The van der Waals surface area contributed by atoms with Crippen molar-refractivity contribution in [3.8, 4) is 0 Å². The fraction of sp³-hybridized carbons (Fsp3) is 0.238. The van der Waals surface area contributed by atoms with E-state index in [-0.39, 0.29) is 10.6 Å². The second-order valence-corrected chi connectivity index (χ2v) is 7.41. The zero-order valence-electron chi connectivity index (χ0n) is 16.3. The first-order chi connectivity index (χ1) is 14.5. The SMILES string of the molecule is Cc1ccc(Nc2ccc(N3CCN(C(=O)c4c(F)cccc4Cl)CC3)nn2)nc1. The molecule has 1 amide bonds. The van der Waals surface area contributed by atoms with E-state index in [1.54, 1.807) is 11.1 Å². The van der Waals surface area contributed by atoms with E-state index in [1.807, 2.05) is 36.1 Å². The van der Waals surface area contributed by atoms with Crippen LogP contribution in [0.4, 0.5) is 21.8 Å². The zero-order chi connectivity index (χ0) is 21.1. The lowest BCUT2D eigenvalue weighted by Gasteiger charge is -2.35. The van der Waals surface area contributed by atoms with Crippen LogP contribution < -0.4 is 10.2 Å². The number of aryl methyl sites for hydroxylation is 1. The van der Waals surface area contributed by atoms with Crippen LogP contribution in [0, 0.1) is 12.7 Å². The van der Waals surface area contributed by atoms with Crippen LogP contribution in [0.15, 0.2) is 48.7 Å². The molecular formula is C21H20ClFN6O. The number of benzene rings is 1. The number of anilines is 3. The van der Waals surface area contributed by atoms with Crippen LogP contribution in [0.25, 0.3) is 0 Å². The summed E-state index contributed by atoms with van der Waals surface area (Å²) in [7, 11) is 0. The minimum Gasteiger partial charge on any atom is -0.352 e. The van der Waals surface area contributed by atoms with Gasteiger partial charge in [0.25, 0.3) is 5.91 Å². The van der Waals surface area contributed by atoms with E-state index in [1.165, 1.54) is 18.2 Å². The third-order valence-corrected chi connectivity index (χ3v) is 5.20. The third kappa shape index (κ3) is 4.33. The van der Waals surface area contributed by atoms with Gasteiger partial charge in [-0.3, -0.25) is 4.79 Å². The quantitative estimate of drug-likeness (QED) is 0.686. The average molecular weight is 427 g/mol. The van der Waals surface area contributed by atoms with E-state index in [0.29, 0.717) is 43.6 Å². The van der Waals surface area contributed by atoms with Gasteiger partial charge in [0.1, 0.15) is 11.6 Å². The summed E-state index contributed by atoms with van der Waals surface area (Å²) in [6, 6.07) is 11.8. The zero-order valence-corrected chi connectivity index (χ0v) is 17.1. The summed E-state index contributed by atoms with van der Waals surface area (Å²) in [5.74, 6) is 1.01. The van der Waals surface area contributed by atoms with Gasteiger partial charge in [-0.05, 0) is 42.8 Å². The van der Waals surface area contributed by atoms with E-state index < -0.39 is 11.7 Å². The highest BCUT2D eigenvalue weighted by Crippen LogP contribution is 2.22. The number of halogens is 2. The van der Waals surface area contributed by atoms with Crippen molar-refractivity contribution in [3.05, 3.63) is 70.6 Å². The predicted molar refractivity (Wildman–Crippen MR) is 114 cm³/mol. The molecule has 154 valence electrons. The fourth-order valence-corrected chi connectivity index (χ4v) is 3.48. The Balaban J connectivity index is 1.37. The van der Waals surface area contributed by atoms with Gasteiger partial charge in [0.15, 0.2) is 11.6 Å². The molecule has 0 spiro atoms. The van der Waals surface area contributed by atoms with Crippen molar-refractivity contribution in [3.63, 3.8) is 0 Å². The first-order valence-electron chi connectivity index (χ1n) is 9.53. The highest BCUT2D eigenvalue weighted by atomic mass is 35.5. The first-order valence-corrected chi connectivity index (χ1v) is 9.91. The van der Waals surface area contributed by atoms with Crippen molar-refractivity contribution >= 4 is 35.0 Å². The molecule has 30 heavy (non-hydrogen) atoms. The van der Waals surface area contributed by atoms with Crippen molar-refractivity contribution in [1.82, 2.24) is 20.1 Å². The normalized spacial score (nSPS) is 14.0. The van der Waals surface area contributed by atoms with Crippen molar-refractivity contribution < 1.29 is 9.18 Å². The molecule has 9 heteroatoms. The van der Waals surface area contributed by atoms with Gasteiger partial charge in [-0.1, -0.05) is 23.7 Å². The molecule has 0 atom stereocenters. The van der Waals surface area contributed by atoms with Gasteiger partial charge in [0.2, 0.25) is 0 Å². The Labute approximate surface area is 178 Å². The number of carbonyl (C=O) groups excluding carboxylic acids is 1. The highest BCUT2D eigenvalue weighted by Gasteiger charge is 2.26. The van der Waals surface area contributed by atoms with Gasteiger partial charge in [-0.15, -0.1) is 10.2 Å². The molecule has 7 nitrogen and oxygen atoms in total. The number of amides is 1. The largest absolute Gasteiger partial charge is 0.352 e. The topological polar surface area (TPSA) is 74.2 Å². The summed E-state index contributed by atoms with van der Waals surface area (Å²) in [4.78, 5) is 20.6. The van der Waals surface area contributed by atoms with Crippen LogP contribution in [-0.4, -0.2) is 52.2 Å². The van der Waals surface area contributed by atoms with Crippen LogP contribution >= 0.6 is 11.6 Å². The van der Waals surface area contributed by atoms with E-state index in [4.69, 9.17) is 11.6 Å². The number of carbonyl (C=O) groups is 1. The third-order valence-electron chi connectivity index (χ3n) is 4.89. The lowest BCUT2D eigenvalue weighted by Crippen LogP contribution is -2.49. The van der Waals surface area contributed by atoms with Gasteiger partial charge >= 0.3 is 0 Å². The Kier molecular flexibility index (Phi) is 5.76. The predicted octanol–water partition coefficient (Wildman–Crippen LogP) is 3.68. The summed E-state index contributed by atoms with van der Waals surface area (Å²) in [6.07, 6.45) is 1.78. The summed E-state index contributed by atoms with van der Waals surface area (Å²) in [6.45, 7) is 4.00. The highest BCUT2D eigenvalue weighted by molar-refractivity contribution is 6.33. The average Bonchev–Trinajstić information content (AvgIpc) is 2.76. The minimum atomic E-state index is -0.605. The lowest BCUT2D eigenvalue weighted by molar-refractivity contribution is 0.0742. The number of pyridine rings is 1. The van der Waals surface area contributed by atoms with Crippen LogP contribution in [0.3, 0.4) is 0 Å². The number of piperazine rings is 1. The molecule has 1 aliphatic heterocycles. The first kappa shape index (κ1) is 20.0. The Hall–Kier alpha value is -3.26. The van der Waals surface area contributed by atoms with Gasteiger partial charge in [0, 0.05) is 32.4 Å². The smallest absolute Gasteiger partial charge is 0.258 e. The van der Waals surface area contributed by atoms with Gasteiger partial charge in [-0.25, -0.2) is 9.37 Å². The van der Waals surface area contributed by atoms with E-state index in [9.17, 15) is 9.18 Å². The molecule has 4 rings (SSSR count). The number of nitrogens with one attached hydrogen (secondary N) is 1. The van der Waals surface area contributed by atoms with Crippen LogP contribution in [-0.2, 0) is 0 Å². The number of aromatic nitrogens is 3. The van der Waals surface area contributed by atoms with E-state index in [2.05, 4.69) is 20.5 Å². The molecule has 3 aromatic rings.